The molecule has 240 valence electrons. The molecule has 0 aromatic heterocycles. The van der Waals surface area contributed by atoms with Crippen molar-refractivity contribution in [2.45, 2.75) is 101 Å². The Kier molecular flexibility index (Phi) is 8.46. The van der Waals surface area contributed by atoms with Crippen LogP contribution in [-0.4, -0.2) is 130 Å². The molecule has 4 amide bonds. The van der Waals surface area contributed by atoms with Gasteiger partial charge in [-0.05, 0) is 35.8 Å². The fourth-order valence-electron chi connectivity index (χ4n) is 7.61. The summed E-state index contributed by atoms with van der Waals surface area (Å²) in [7, 11) is 0. The van der Waals surface area contributed by atoms with Crippen LogP contribution in [0.2, 0.25) is 0 Å². The number of piperazine rings is 1. The largest absolute Gasteiger partial charge is 0.388 e. The molecule has 1 aromatic carbocycles. The third kappa shape index (κ3) is 6.22. The number of carbonyl (C=O) groups is 4. The Morgan fingerprint density at radius 2 is 1.64 bits per heavy atom. The average molecular weight is 612 g/mol. The van der Waals surface area contributed by atoms with Gasteiger partial charge in [0.1, 0.15) is 24.4 Å². The molecule has 4 heterocycles. The van der Waals surface area contributed by atoms with E-state index < -0.39 is 42.4 Å². The number of rotatable bonds is 2. The van der Waals surface area contributed by atoms with Crippen molar-refractivity contribution in [3.8, 4) is 0 Å². The van der Waals surface area contributed by atoms with Gasteiger partial charge in [0, 0.05) is 44.7 Å². The Balaban J connectivity index is 1.29. The van der Waals surface area contributed by atoms with Crippen LogP contribution in [0, 0.1) is 5.41 Å². The molecule has 4 aliphatic heterocycles. The minimum absolute atomic E-state index is 0.0478. The summed E-state index contributed by atoms with van der Waals surface area (Å²) in [5.74, 6) is -1.02. The normalized spacial score (nSPS) is 33.8. The molecule has 12 heteroatoms. The van der Waals surface area contributed by atoms with E-state index in [9.17, 15) is 29.4 Å². The zero-order valence-electron chi connectivity index (χ0n) is 25.8. The van der Waals surface area contributed by atoms with E-state index in [1.165, 1.54) is 11.1 Å². The standard InChI is InChI=1S/C32H45N5O7/c1-32(2,3)14-27(39)36-9-8-35-17-23(36)30(42)33-15-25-29(41)28(40)24(44-25)13-26(38)34-20-12-22(31(35)43)37(16-20)21-10-18-6-4-5-7-19(18)11-21/h4-7,20-25,28-29,40-41H,8-17H2,1-3H3,(H,33,42)(H,34,38)/t20-,22-,23-,24-,25+,28-,29+/m0/s1. The number of likely N-dealkylation sites (tertiary alicyclic amines) is 1. The number of hydrogen-bond acceptors (Lipinski definition) is 8. The number of carbonyl (C=O) groups excluding carboxylic acids is 4. The van der Waals surface area contributed by atoms with E-state index in [0.29, 0.717) is 19.5 Å². The van der Waals surface area contributed by atoms with Gasteiger partial charge in [-0.15, -0.1) is 0 Å². The molecule has 7 atom stereocenters. The number of benzene rings is 1. The van der Waals surface area contributed by atoms with Crippen LogP contribution < -0.4 is 10.6 Å². The maximum atomic E-state index is 14.3. The second-order valence-corrected chi connectivity index (χ2v) is 14.3. The Morgan fingerprint density at radius 1 is 0.955 bits per heavy atom. The number of nitrogens with one attached hydrogen (secondary N) is 2. The van der Waals surface area contributed by atoms with Crippen molar-refractivity contribution in [1.29, 1.82) is 0 Å². The molecule has 0 spiro atoms. The number of aliphatic hydroxyl groups is 2. The quantitative estimate of drug-likeness (QED) is 0.339. The van der Waals surface area contributed by atoms with Gasteiger partial charge in [0.15, 0.2) is 0 Å². The molecule has 0 unspecified atom stereocenters. The van der Waals surface area contributed by atoms with E-state index in [-0.39, 0.29) is 67.7 Å². The monoisotopic (exact) mass is 611 g/mol. The van der Waals surface area contributed by atoms with E-state index in [4.69, 9.17) is 4.74 Å². The predicted octanol–water partition coefficient (Wildman–Crippen LogP) is -0.802. The number of fused-ring (bicyclic) bond motifs is 7. The van der Waals surface area contributed by atoms with Gasteiger partial charge < -0.3 is 35.4 Å². The Labute approximate surface area is 258 Å². The smallest absolute Gasteiger partial charge is 0.244 e. The minimum atomic E-state index is -1.29. The first-order valence-corrected chi connectivity index (χ1v) is 15.9. The lowest BCUT2D eigenvalue weighted by Crippen LogP contribution is -2.64. The van der Waals surface area contributed by atoms with E-state index in [1.54, 1.807) is 9.80 Å². The van der Waals surface area contributed by atoms with Crippen LogP contribution in [0.1, 0.15) is 51.2 Å². The molecule has 4 saturated heterocycles. The summed E-state index contributed by atoms with van der Waals surface area (Å²) in [4.78, 5) is 59.9. The zero-order valence-corrected chi connectivity index (χ0v) is 25.8. The molecule has 1 aliphatic carbocycles. The first kappa shape index (κ1) is 30.9. The SMILES string of the molecule is CC(C)(C)CC(=O)N1CCN2C[C@H]1C(=O)NC[C@H]1O[C@@H](CC(=O)N[C@H]3C[C@@H](C2=O)N(C2Cc4ccccc4C2)C3)[C@H](O)[C@@H]1O. The molecule has 12 nitrogen and oxygen atoms in total. The molecule has 1 aromatic rings. The molecular formula is C32H45N5O7. The van der Waals surface area contributed by atoms with Gasteiger partial charge in [-0.25, -0.2) is 0 Å². The van der Waals surface area contributed by atoms with E-state index >= 15 is 0 Å². The summed E-state index contributed by atoms with van der Waals surface area (Å²) in [6.45, 7) is 6.87. The molecule has 4 fully saturated rings. The number of nitrogens with zero attached hydrogens (tertiary/aromatic N) is 3. The first-order chi connectivity index (χ1) is 20.9. The first-order valence-electron chi connectivity index (χ1n) is 15.9. The Hall–Kier alpha value is -3.06. The van der Waals surface area contributed by atoms with Gasteiger partial charge in [0.2, 0.25) is 23.6 Å². The fraction of sp³-hybridized carbons (Fsp3) is 0.688. The molecule has 6 rings (SSSR count). The fourth-order valence-corrected chi connectivity index (χ4v) is 7.61. The maximum Gasteiger partial charge on any atom is 0.244 e. The number of amides is 4. The van der Waals surface area contributed by atoms with Crippen LogP contribution in [0.15, 0.2) is 24.3 Å². The molecule has 0 saturated carbocycles. The summed E-state index contributed by atoms with van der Waals surface area (Å²) in [5, 5.41) is 27.2. The highest BCUT2D eigenvalue weighted by molar-refractivity contribution is 5.90. The van der Waals surface area contributed by atoms with Crippen molar-refractivity contribution < 1.29 is 34.1 Å². The van der Waals surface area contributed by atoms with Crippen molar-refractivity contribution in [2.75, 3.05) is 32.7 Å². The zero-order chi connectivity index (χ0) is 31.3. The van der Waals surface area contributed by atoms with Crippen molar-refractivity contribution in [1.82, 2.24) is 25.3 Å². The maximum absolute atomic E-state index is 14.3. The van der Waals surface area contributed by atoms with Crippen LogP contribution in [0.3, 0.4) is 0 Å². The lowest BCUT2D eigenvalue weighted by molar-refractivity contribution is -0.151. The van der Waals surface area contributed by atoms with Gasteiger partial charge in [0.05, 0.1) is 25.1 Å². The summed E-state index contributed by atoms with van der Waals surface area (Å²) in [6.07, 6.45) is -2.31. The molecule has 4 N–H and O–H groups in total. The van der Waals surface area contributed by atoms with Crippen molar-refractivity contribution >= 4 is 23.6 Å². The van der Waals surface area contributed by atoms with Gasteiger partial charge in [-0.3, -0.25) is 24.1 Å². The Morgan fingerprint density at radius 3 is 2.32 bits per heavy atom. The highest BCUT2D eigenvalue weighted by atomic mass is 16.5. The van der Waals surface area contributed by atoms with Crippen molar-refractivity contribution in [2.24, 2.45) is 5.41 Å². The van der Waals surface area contributed by atoms with Crippen LogP contribution in [0.5, 0.6) is 0 Å². The summed E-state index contributed by atoms with van der Waals surface area (Å²) in [6, 6.07) is 6.69. The molecule has 44 heavy (non-hydrogen) atoms. The lowest BCUT2D eigenvalue weighted by Gasteiger charge is -2.43. The van der Waals surface area contributed by atoms with E-state index in [2.05, 4.69) is 27.7 Å². The van der Waals surface area contributed by atoms with Crippen molar-refractivity contribution in [3.63, 3.8) is 0 Å². The number of ether oxygens (including phenoxy) is 1. The van der Waals surface area contributed by atoms with Gasteiger partial charge in [-0.2, -0.15) is 0 Å². The number of aliphatic hydroxyl groups excluding tert-OH is 2. The molecule has 0 radical (unpaired) electrons. The molecule has 5 aliphatic rings. The third-order valence-corrected chi connectivity index (χ3v) is 9.81. The van der Waals surface area contributed by atoms with Crippen LogP contribution in [-0.2, 0) is 36.8 Å². The van der Waals surface area contributed by atoms with Gasteiger partial charge in [0.25, 0.3) is 0 Å². The minimum Gasteiger partial charge on any atom is -0.388 e. The van der Waals surface area contributed by atoms with Gasteiger partial charge in [-0.1, -0.05) is 45.0 Å². The van der Waals surface area contributed by atoms with Crippen molar-refractivity contribution in [3.05, 3.63) is 35.4 Å². The van der Waals surface area contributed by atoms with Crippen LogP contribution in [0.25, 0.3) is 0 Å². The van der Waals surface area contributed by atoms with E-state index in [1.807, 2.05) is 32.9 Å². The highest BCUT2D eigenvalue weighted by Gasteiger charge is 2.48. The Bertz CT molecular complexity index is 1270. The van der Waals surface area contributed by atoms with Crippen LogP contribution in [0.4, 0.5) is 0 Å². The second-order valence-electron chi connectivity index (χ2n) is 14.3. The topological polar surface area (TPSA) is 152 Å². The second kappa shape index (κ2) is 12.0. The molecule has 6 bridgehead atoms. The lowest BCUT2D eigenvalue weighted by atomic mass is 9.91. The van der Waals surface area contributed by atoms with E-state index in [0.717, 1.165) is 12.8 Å². The summed E-state index contributed by atoms with van der Waals surface area (Å²) < 4.78 is 5.85. The highest BCUT2D eigenvalue weighted by Crippen LogP contribution is 2.33. The summed E-state index contributed by atoms with van der Waals surface area (Å²) in [5.41, 5.74) is 2.24. The number of hydrogen-bond donors (Lipinski definition) is 4. The van der Waals surface area contributed by atoms with Gasteiger partial charge >= 0.3 is 0 Å². The third-order valence-electron chi connectivity index (χ3n) is 9.81. The molecular weight excluding hydrogens is 566 g/mol. The summed E-state index contributed by atoms with van der Waals surface area (Å²) >= 11 is 0. The average Bonchev–Trinajstić information content (AvgIpc) is 3.66. The van der Waals surface area contributed by atoms with Crippen LogP contribution >= 0.6 is 0 Å². The predicted molar refractivity (Wildman–Crippen MR) is 159 cm³/mol.